The number of ether oxygens (including phenoxy) is 1. The van der Waals surface area contributed by atoms with Crippen LogP contribution in [0.1, 0.15) is 23.0 Å². The van der Waals surface area contributed by atoms with Gasteiger partial charge >= 0.3 is 0 Å². The Morgan fingerprint density at radius 2 is 2.18 bits per heavy atom. The van der Waals surface area contributed by atoms with Gasteiger partial charge in [-0.3, -0.25) is 9.89 Å². The number of halogens is 1. The first-order valence-electron chi connectivity index (χ1n) is 5.06. The molecular formula is C12H11FN2O2. The van der Waals surface area contributed by atoms with Crippen molar-refractivity contribution in [1.29, 1.82) is 0 Å². The molecule has 0 aliphatic carbocycles. The summed E-state index contributed by atoms with van der Waals surface area (Å²) in [5.41, 5.74) is 1.13. The van der Waals surface area contributed by atoms with E-state index in [1.807, 2.05) is 6.92 Å². The lowest BCUT2D eigenvalue weighted by Crippen LogP contribution is -1.95. The van der Waals surface area contributed by atoms with Crippen molar-refractivity contribution in [2.45, 2.75) is 13.8 Å². The van der Waals surface area contributed by atoms with E-state index in [4.69, 9.17) is 4.74 Å². The van der Waals surface area contributed by atoms with E-state index in [0.717, 1.165) is 11.8 Å². The second kappa shape index (κ2) is 4.37. The first-order valence-corrected chi connectivity index (χ1v) is 5.06. The van der Waals surface area contributed by atoms with Crippen LogP contribution in [0.25, 0.3) is 0 Å². The van der Waals surface area contributed by atoms with E-state index in [0.29, 0.717) is 5.56 Å². The van der Waals surface area contributed by atoms with E-state index < -0.39 is 5.82 Å². The molecule has 17 heavy (non-hydrogen) atoms. The number of benzene rings is 1. The summed E-state index contributed by atoms with van der Waals surface area (Å²) < 4.78 is 18.8. The zero-order chi connectivity index (χ0) is 12.4. The minimum Gasteiger partial charge on any atom is -0.434 e. The Kier molecular flexibility index (Phi) is 2.91. The van der Waals surface area contributed by atoms with Crippen LogP contribution in [0.15, 0.2) is 24.3 Å². The molecular weight excluding hydrogens is 223 g/mol. The molecule has 0 bridgehead atoms. The molecule has 0 fully saturated rings. The van der Waals surface area contributed by atoms with Gasteiger partial charge in [0.05, 0.1) is 0 Å². The number of hydrogen-bond acceptors (Lipinski definition) is 3. The van der Waals surface area contributed by atoms with Crippen molar-refractivity contribution in [2.24, 2.45) is 0 Å². The molecule has 4 nitrogen and oxygen atoms in total. The quantitative estimate of drug-likeness (QED) is 0.831. The summed E-state index contributed by atoms with van der Waals surface area (Å²) in [6.45, 7) is 3.20. The van der Waals surface area contributed by atoms with Crippen LogP contribution in [-0.2, 0) is 0 Å². The first-order chi connectivity index (χ1) is 8.06. The van der Waals surface area contributed by atoms with Crippen LogP contribution in [0, 0.1) is 12.7 Å². The number of H-pyrrole nitrogens is 1. The topological polar surface area (TPSA) is 55.0 Å². The summed E-state index contributed by atoms with van der Waals surface area (Å²) in [6.07, 6.45) is 0. The SMILES string of the molecule is CC(=O)c1ccc(Oc2cc(C)[nH]n2)c(F)c1. The Morgan fingerprint density at radius 3 is 2.71 bits per heavy atom. The maximum absolute atomic E-state index is 13.6. The van der Waals surface area contributed by atoms with E-state index in [2.05, 4.69) is 10.2 Å². The van der Waals surface area contributed by atoms with Crippen LogP contribution >= 0.6 is 0 Å². The molecule has 1 aromatic heterocycles. The van der Waals surface area contributed by atoms with Crippen LogP contribution in [-0.4, -0.2) is 16.0 Å². The molecule has 2 rings (SSSR count). The smallest absolute Gasteiger partial charge is 0.238 e. The largest absolute Gasteiger partial charge is 0.434 e. The number of ketones is 1. The van der Waals surface area contributed by atoms with Gasteiger partial charge in [0, 0.05) is 17.3 Å². The number of carbonyl (C=O) groups is 1. The fourth-order valence-electron chi connectivity index (χ4n) is 1.36. The summed E-state index contributed by atoms with van der Waals surface area (Å²) >= 11 is 0. The number of aromatic amines is 1. The number of rotatable bonds is 3. The van der Waals surface area contributed by atoms with E-state index in [1.165, 1.54) is 19.1 Å². The highest BCUT2D eigenvalue weighted by Gasteiger charge is 2.09. The summed E-state index contributed by atoms with van der Waals surface area (Å²) in [5.74, 6) is -0.442. The first kappa shape index (κ1) is 11.3. The number of aromatic nitrogens is 2. The number of hydrogen-bond donors (Lipinski definition) is 1. The Morgan fingerprint density at radius 1 is 1.41 bits per heavy atom. The van der Waals surface area contributed by atoms with Crippen LogP contribution in [0.2, 0.25) is 0 Å². The van der Waals surface area contributed by atoms with Crippen LogP contribution in [0.5, 0.6) is 11.6 Å². The van der Waals surface area contributed by atoms with Gasteiger partial charge in [-0.15, -0.1) is 5.10 Å². The Bertz CT molecular complexity index is 563. The fourth-order valence-corrected chi connectivity index (χ4v) is 1.36. The minimum atomic E-state index is -0.585. The van der Waals surface area contributed by atoms with E-state index >= 15 is 0 Å². The predicted octanol–water partition coefficient (Wildman–Crippen LogP) is 2.85. The molecule has 1 aromatic carbocycles. The second-order valence-electron chi connectivity index (χ2n) is 3.69. The van der Waals surface area contributed by atoms with Crippen molar-refractivity contribution >= 4 is 5.78 Å². The average Bonchev–Trinajstić information content (AvgIpc) is 2.67. The van der Waals surface area contributed by atoms with Crippen molar-refractivity contribution in [3.63, 3.8) is 0 Å². The number of nitrogens with one attached hydrogen (secondary N) is 1. The second-order valence-corrected chi connectivity index (χ2v) is 3.69. The molecule has 2 aromatic rings. The van der Waals surface area contributed by atoms with Gasteiger partial charge in [0.25, 0.3) is 0 Å². The monoisotopic (exact) mass is 234 g/mol. The van der Waals surface area contributed by atoms with E-state index in [-0.39, 0.29) is 17.4 Å². The molecule has 0 saturated heterocycles. The molecule has 5 heteroatoms. The third kappa shape index (κ3) is 2.50. The van der Waals surface area contributed by atoms with Gasteiger partial charge in [0.2, 0.25) is 5.88 Å². The maximum Gasteiger partial charge on any atom is 0.238 e. The molecule has 0 aliphatic rings. The zero-order valence-corrected chi connectivity index (χ0v) is 9.45. The molecule has 1 N–H and O–H groups in total. The van der Waals surface area contributed by atoms with Crippen molar-refractivity contribution < 1.29 is 13.9 Å². The molecule has 0 radical (unpaired) electrons. The summed E-state index contributed by atoms with van der Waals surface area (Å²) in [7, 11) is 0. The Hall–Kier alpha value is -2.17. The van der Waals surface area contributed by atoms with Gasteiger partial charge in [-0.1, -0.05) is 0 Å². The molecule has 0 saturated carbocycles. The number of aryl methyl sites for hydroxylation is 1. The predicted molar refractivity (Wildman–Crippen MR) is 59.8 cm³/mol. The lowest BCUT2D eigenvalue weighted by atomic mass is 10.1. The van der Waals surface area contributed by atoms with Gasteiger partial charge < -0.3 is 4.74 Å². The molecule has 1 heterocycles. The van der Waals surface area contributed by atoms with Gasteiger partial charge in [-0.05, 0) is 32.0 Å². The van der Waals surface area contributed by atoms with Gasteiger partial charge in [0.15, 0.2) is 17.3 Å². The van der Waals surface area contributed by atoms with E-state index in [1.54, 1.807) is 6.07 Å². The minimum absolute atomic E-state index is 0.0431. The lowest BCUT2D eigenvalue weighted by Gasteiger charge is -2.04. The Labute approximate surface area is 97.4 Å². The van der Waals surface area contributed by atoms with Gasteiger partial charge in [-0.25, -0.2) is 4.39 Å². The Balaban J connectivity index is 2.25. The van der Waals surface area contributed by atoms with Crippen molar-refractivity contribution in [3.8, 4) is 11.6 Å². The van der Waals surface area contributed by atoms with Crippen molar-refractivity contribution in [2.75, 3.05) is 0 Å². The third-order valence-corrected chi connectivity index (χ3v) is 2.24. The number of carbonyl (C=O) groups excluding carboxylic acids is 1. The normalized spacial score (nSPS) is 10.3. The van der Waals surface area contributed by atoms with E-state index in [9.17, 15) is 9.18 Å². The van der Waals surface area contributed by atoms with Crippen molar-refractivity contribution in [3.05, 3.63) is 41.3 Å². The van der Waals surface area contributed by atoms with Crippen LogP contribution < -0.4 is 4.74 Å². The lowest BCUT2D eigenvalue weighted by molar-refractivity contribution is 0.101. The van der Waals surface area contributed by atoms with Gasteiger partial charge in [-0.2, -0.15) is 0 Å². The molecule has 0 aliphatic heterocycles. The molecule has 0 unspecified atom stereocenters. The maximum atomic E-state index is 13.6. The molecule has 0 spiro atoms. The summed E-state index contributed by atoms with van der Waals surface area (Å²) in [4.78, 5) is 11.0. The fraction of sp³-hybridized carbons (Fsp3) is 0.167. The third-order valence-electron chi connectivity index (χ3n) is 2.24. The number of Topliss-reactive ketones (excluding diaryl/α,β-unsaturated/α-hetero) is 1. The average molecular weight is 234 g/mol. The number of nitrogens with zero attached hydrogens (tertiary/aromatic N) is 1. The molecule has 0 amide bonds. The molecule has 88 valence electrons. The highest BCUT2D eigenvalue weighted by atomic mass is 19.1. The standard InChI is InChI=1S/C12H11FN2O2/c1-7-5-12(15-14-7)17-11-4-3-9(8(2)16)6-10(11)13/h3-6H,1-2H3,(H,14,15). The van der Waals surface area contributed by atoms with Crippen LogP contribution in [0.4, 0.5) is 4.39 Å². The summed E-state index contributed by atoms with van der Waals surface area (Å²) in [6, 6.07) is 5.73. The van der Waals surface area contributed by atoms with Crippen molar-refractivity contribution in [1.82, 2.24) is 10.2 Å². The highest BCUT2D eigenvalue weighted by molar-refractivity contribution is 5.94. The van der Waals surface area contributed by atoms with Crippen LogP contribution in [0.3, 0.4) is 0 Å². The zero-order valence-electron chi connectivity index (χ0n) is 9.45. The molecule has 0 atom stereocenters. The summed E-state index contributed by atoms with van der Waals surface area (Å²) in [5, 5.41) is 6.52. The van der Waals surface area contributed by atoms with Gasteiger partial charge in [0.1, 0.15) is 0 Å². The highest BCUT2D eigenvalue weighted by Crippen LogP contribution is 2.24.